The summed E-state index contributed by atoms with van der Waals surface area (Å²) < 4.78 is 5.87. The van der Waals surface area contributed by atoms with Gasteiger partial charge in [0.25, 0.3) is 0 Å². The van der Waals surface area contributed by atoms with Gasteiger partial charge in [0.15, 0.2) is 0 Å². The largest absolute Gasteiger partial charge is 0.493 e. The maximum atomic E-state index is 5.87. The highest BCUT2D eigenvalue weighted by molar-refractivity contribution is 5.63. The summed E-state index contributed by atoms with van der Waals surface area (Å²) in [7, 11) is 0. The van der Waals surface area contributed by atoms with Crippen molar-refractivity contribution in [3.05, 3.63) is 78.5 Å². The highest BCUT2D eigenvalue weighted by atomic mass is 16.5. The molecular formula is C22H22N4O. The molecule has 6 bridgehead atoms. The molecule has 0 saturated carbocycles. The first-order chi connectivity index (χ1) is 13.4. The van der Waals surface area contributed by atoms with Crippen molar-refractivity contribution in [2.75, 3.05) is 18.5 Å². The molecule has 2 heterocycles. The van der Waals surface area contributed by atoms with Crippen LogP contribution in [0.1, 0.15) is 12.0 Å². The molecule has 0 spiro atoms. The Hall–Kier alpha value is -3.18. The van der Waals surface area contributed by atoms with Gasteiger partial charge in [0.05, 0.1) is 12.3 Å². The van der Waals surface area contributed by atoms with Crippen molar-refractivity contribution in [2.45, 2.75) is 13.0 Å². The third-order valence-corrected chi connectivity index (χ3v) is 4.28. The lowest BCUT2D eigenvalue weighted by molar-refractivity contribution is 0.325. The van der Waals surface area contributed by atoms with Crippen LogP contribution >= 0.6 is 0 Å². The summed E-state index contributed by atoms with van der Waals surface area (Å²) in [6, 6.07) is 18.2. The quantitative estimate of drug-likeness (QED) is 0.586. The lowest BCUT2D eigenvalue weighted by atomic mass is 10.1. The predicted molar refractivity (Wildman–Crippen MR) is 108 cm³/mol. The molecule has 27 heavy (non-hydrogen) atoms. The standard InChI is InChI=1S/C22H22N4O/c1-2-11-23-16-17-6-4-8-19(14-17)25-22-24-12-10-21(26-22)18-7-5-9-20(15-18)27-13-3-1/h1-2,4-10,12,14-15,23H,3,11,13,16H2,(H,24,25,26)/b2-1-. The summed E-state index contributed by atoms with van der Waals surface area (Å²) in [4.78, 5) is 9.01. The molecule has 1 aliphatic rings. The molecule has 0 fully saturated rings. The zero-order valence-corrected chi connectivity index (χ0v) is 15.1. The monoisotopic (exact) mass is 358 g/mol. The van der Waals surface area contributed by atoms with E-state index in [0.717, 1.165) is 42.2 Å². The number of nitrogens with zero attached hydrogens (tertiary/aromatic N) is 2. The van der Waals surface area contributed by atoms with E-state index >= 15 is 0 Å². The van der Waals surface area contributed by atoms with Gasteiger partial charge in [0, 0.05) is 30.5 Å². The maximum Gasteiger partial charge on any atom is 0.227 e. The average Bonchev–Trinajstić information content (AvgIpc) is 2.70. The minimum Gasteiger partial charge on any atom is -0.493 e. The third kappa shape index (κ3) is 4.71. The first-order valence-electron chi connectivity index (χ1n) is 9.15. The molecule has 1 aliphatic heterocycles. The molecule has 0 radical (unpaired) electrons. The van der Waals surface area contributed by atoms with Crippen LogP contribution in [0, 0.1) is 0 Å². The number of fused-ring (bicyclic) bond motifs is 7. The van der Waals surface area contributed by atoms with Crippen LogP contribution in [0.2, 0.25) is 0 Å². The SMILES string of the molecule is C1=C\CNCc2cccc(c2)Nc2nccc(n2)-c2cccc(c2)OCC/1. The molecule has 5 nitrogen and oxygen atoms in total. The minimum absolute atomic E-state index is 0.577. The smallest absolute Gasteiger partial charge is 0.227 e. The van der Waals surface area contributed by atoms with E-state index in [1.54, 1.807) is 6.20 Å². The second-order valence-corrected chi connectivity index (χ2v) is 6.36. The average molecular weight is 358 g/mol. The van der Waals surface area contributed by atoms with Gasteiger partial charge >= 0.3 is 0 Å². The summed E-state index contributed by atoms with van der Waals surface area (Å²) in [5.41, 5.74) is 4.05. The van der Waals surface area contributed by atoms with Crippen molar-refractivity contribution in [2.24, 2.45) is 0 Å². The lowest BCUT2D eigenvalue weighted by Crippen LogP contribution is -2.13. The zero-order chi connectivity index (χ0) is 18.3. The molecule has 0 unspecified atom stereocenters. The van der Waals surface area contributed by atoms with Crippen LogP contribution in [0.3, 0.4) is 0 Å². The second kappa shape index (κ2) is 8.47. The fourth-order valence-corrected chi connectivity index (χ4v) is 2.96. The molecule has 0 atom stereocenters. The van der Waals surface area contributed by atoms with Crippen molar-refractivity contribution in [1.29, 1.82) is 0 Å². The predicted octanol–water partition coefficient (Wildman–Crippen LogP) is 4.32. The van der Waals surface area contributed by atoms with E-state index in [1.807, 2.05) is 42.5 Å². The summed E-state index contributed by atoms with van der Waals surface area (Å²) in [6.45, 7) is 2.29. The number of hydrogen-bond donors (Lipinski definition) is 2. The Morgan fingerprint density at radius 1 is 0.963 bits per heavy atom. The molecule has 136 valence electrons. The molecular weight excluding hydrogens is 336 g/mol. The van der Waals surface area contributed by atoms with Crippen LogP contribution in [0.4, 0.5) is 11.6 Å². The van der Waals surface area contributed by atoms with Crippen molar-refractivity contribution in [1.82, 2.24) is 15.3 Å². The van der Waals surface area contributed by atoms with Crippen LogP contribution in [-0.4, -0.2) is 23.1 Å². The van der Waals surface area contributed by atoms with E-state index < -0.39 is 0 Å². The highest BCUT2D eigenvalue weighted by Gasteiger charge is 2.05. The van der Waals surface area contributed by atoms with Gasteiger partial charge in [-0.15, -0.1) is 0 Å². The van der Waals surface area contributed by atoms with Crippen molar-refractivity contribution in [3.8, 4) is 17.0 Å². The Balaban J connectivity index is 1.66. The van der Waals surface area contributed by atoms with Gasteiger partial charge in [-0.25, -0.2) is 9.97 Å². The van der Waals surface area contributed by atoms with Crippen LogP contribution in [0.5, 0.6) is 5.75 Å². The van der Waals surface area contributed by atoms with E-state index in [1.165, 1.54) is 5.56 Å². The second-order valence-electron chi connectivity index (χ2n) is 6.36. The van der Waals surface area contributed by atoms with Crippen LogP contribution in [0.25, 0.3) is 11.3 Å². The van der Waals surface area contributed by atoms with Gasteiger partial charge in [0.2, 0.25) is 5.95 Å². The van der Waals surface area contributed by atoms with E-state index in [9.17, 15) is 0 Å². The van der Waals surface area contributed by atoms with E-state index in [4.69, 9.17) is 4.74 Å². The Morgan fingerprint density at radius 3 is 2.93 bits per heavy atom. The van der Waals surface area contributed by atoms with E-state index in [2.05, 4.69) is 44.9 Å². The fourth-order valence-electron chi connectivity index (χ4n) is 2.96. The Kier molecular flexibility index (Phi) is 5.41. The normalized spacial score (nSPS) is 15.6. The molecule has 0 amide bonds. The topological polar surface area (TPSA) is 59.1 Å². The number of nitrogens with one attached hydrogen (secondary N) is 2. The minimum atomic E-state index is 0.577. The van der Waals surface area contributed by atoms with Crippen LogP contribution < -0.4 is 15.4 Å². The molecule has 5 heteroatoms. The van der Waals surface area contributed by atoms with Gasteiger partial charge < -0.3 is 15.4 Å². The zero-order valence-electron chi connectivity index (χ0n) is 15.1. The van der Waals surface area contributed by atoms with E-state index in [-0.39, 0.29) is 0 Å². The molecule has 1 aromatic heterocycles. The fraction of sp³-hybridized carbons (Fsp3) is 0.182. The summed E-state index contributed by atoms with van der Waals surface area (Å²) in [5, 5.41) is 6.72. The molecule has 3 aromatic rings. The number of aromatic nitrogens is 2. The number of anilines is 2. The van der Waals surface area contributed by atoms with Crippen molar-refractivity contribution >= 4 is 11.6 Å². The van der Waals surface area contributed by atoms with E-state index in [0.29, 0.717) is 12.6 Å². The first kappa shape index (κ1) is 17.2. The number of ether oxygens (including phenoxy) is 1. The van der Waals surface area contributed by atoms with Crippen molar-refractivity contribution < 1.29 is 4.74 Å². The number of rotatable bonds is 0. The third-order valence-electron chi connectivity index (χ3n) is 4.28. The first-order valence-corrected chi connectivity index (χ1v) is 9.15. The Bertz CT molecular complexity index is 939. The molecule has 2 N–H and O–H groups in total. The van der Waals surface area contributed by atoms with Gasteiger partial charge in [-0.2, -0.15) is 0 Å². The molecule has 4 rings (SSSR count). The van der Waals surface area contributed by atoms with Gasteiger partial charge in [-0.1, -0.05) is 36.4 Å². The molecule has 0 saturated heterocycles. The molecule has 2 aromatic carbocycles. The lowest BCUT2D eigenvalue weighted by Gasteiger charge is -2.10. The number of benzene rings is 2. The molecule has 0 aliphatic carbocycles. The van der Waals surface area contributed by atoms with Gasteiger partial charge in [0.1, 0.15) is 5.75 Å². The Morgan fingerprint density at radius 2 is 1.93 bits per heavy atom. The van der Waals surface area contributed by atoms with Crippen LogP contribution in [0.15, 0.2) is 72.9 Å². The number of hydrogen-bond acceptors (Lipinski definition) is 5. The summed E-state index contributed by atoms with van der Waals surface area (Å²) in [5.74, 6) is 1.42. The maximum absolute atomic E-state index is 5.87. The van der Waals surface area contributed by atoms with Crippen LogP contribution in [-0.2, 0) is 6.54 Å². The van der Waals surface area contributed by atoms with Gasteiger partial charge in [-0.3, -0.25) is 0 Å². The summed E-state index contributed by atoms with van der Waals surface area (Å²) >= 11 is 0. The van der Waals surface area contributed by atoms with Crippen molar-refractivity contribution in [3.63, 3.8) is 0 Å². The highest BCUT2D eigenvalue weighted by Crippen LogP contribution is 2.24. The summed E-state index contributed by atoms with van der Waals surface area (Å²) in [6.07, 6.45) is 6.94. The van der Waals surface area contributed by atoms with Gasteiger partial charge in [-0.05, 0) is 42.3 Å². The Labute approximate surface area is 159 Å².